The number of H-pyrrole nitrogens is 1. The Morgan fingerprint density at radius 3 is 2.65 bits per heavy atom. The Bertz CT molecular complexity index is 1070. The quantitative estimate of drug-likeness (QED) is 0.607. The molecular formula is C17H10ClN3O2. The van der Waals surface area contributed by atoms with Gasteiger partial charge in [0.1, 0.15) is 5.56 Å². The van der Waals surface area contributed by atoms with Crippen molar-refractivity contribution in [2.75, 3.05) is 0 Å². The van der Waals surface area contributed by atoms with E-state index in [1.165, 1.54) is 0 Å². The van der Waals surface area contributed by atoms with Gasteiger partial charge in [0, 0.05) is 22.7 Å². The minimum Gasteiger partial charge on any atom is -0.360 e. The lowest BCUT2D eigenvalue weighted by atomic mass is 10.1. The summed E-state index contributed by atoms with van der Waals surface area (Å²) in [4.78, 5) is 19.9. The molecule has 0 amide bonds. The number of para-hydroxylation sites is 1. The molecular weight excluding hydrogens is 314 g/mol. The molecule has 1 N–H and O–H groups in total. The standard InChI is InChI=1S/C17H10ClN3O2/c18-13-7-3-1-5-10(13)16-20-17(23-21-16)12-9-19-14-8-4-2-6-11(14)15(12)22/h1-9H,(H,19,22). The first kappa shape index (κ1) is 13.7. The molecule has 0 fully saturated rings. The molecule has 0 atom stereocenters. The van der Waals surface area contributed by atoms with Crippen molar-refractivity contribution in [2.45, 2.75) is 0 Å². The van der Waals surface area contributed by atoms with Gasteiger partial charge >= 0.3 is 0 Å². The largest absolute Gasteiger partial charge is 0.360 e. The van der Waals surface area contributed by atoms with E-state index in [0.29, 0.717) is 27.4 Å². The minimum atomic E-state index is -0.159. The SMILES string of the molecule is O=c1c(-c2nc(-c3ccccc3Cl)no2)c[nH]c2ccccc12. The Hall–Kier alpha value is -2.92. The van der Waals surface area contributed by atoms with Crippen molar-refractivity contribution in [3.63, 3.8) is 0 Å². The summed E-state index contributed by atoms with van der Waals surface area (Å²) < 4.78 is 5.25. The second kappa shape index (κ2) is 5.37. The van der Waals surface area contributed by atoms with Gasteiger partial charge in [-0.3, -0.25) is 4.79 Å². The maximum absolute atomic E-state index is 12.6. The van der Waals surface area contributed by atoms with Crippen LogP contribution < -0.4 is 5.43 Å². The number of fused-ring (bicyclic) bond motifs is 1. The van der Waals surface area contributed by atoms with Crippen LogP contribution in [0.2, 0.25) is 5.02 Å². The van der Waals surface area contributed by atoms with E-state index in [0.717, 1.165) is 5.52 Å². The number of rotatable bonds is 2. The van der Waals surface area contributed by atoms with E-state index >= 15 is 0 Å². The molecule has 2 heterocycles. The van der Waals surface area contributed by atoms with Crippen LogP contribution >= 0.6 is 11.6 Å². The van der Waals surface area contributed by atoms with E-state index in [1.54, 1.807) is 24.4 Å². The Labute approximate surface area is 135 Å². The molecule has 6 heteroatoms. The zero-order chi connectivity index (χ0) is 15.8. The van der Waals surface area contributed by atoms with Crippen LogP contribution in [0.25, 0.3) is 33.7 Å². The lowest BCUT2D eigenvalue weighted by Crippen LogP contribution is -2.06. The molecule has 0 radical (unpaired) electrons. The summed E-state index contributed by atoms with van der Waals surface area (Å²) in [5.41, 5.74) is 1.58. The molecule has 0 spiro atoms. The second-order valence-corrected chi connectivity index (χ2v) is 5.39. The first-order chi connectivity index (χ1) is 11.2. The number of nitrogens with zero attached hydrogens (tertiary/aromatic N) is 2. The van der Waals surface area contributed by atoms with Crippen molar-refractivity contribution in [1.29, 1.82) is 0 Å². The van der Waals surface area contributed by atoms with Gasteiger partial charge in [0.15, 0.2) is 0 Å². The molecule has 0 saturated carbocycles. The first-order valence-electron chi connectivity index (χ1n) is 6.93. The van der Waals surface area contributed by atoms with Gasteiger partial charge in [0.25, 0.3) is 5.89 Å². The zero-order valence-corrected chi connectivity index (χ0v) is 12.5. The van der Waals surface area contributed by atoms with Crippen LogP contribution in [0, 0.1) is 0 Å². The van der Waals surface area contributed by atoms with Gasteiger partial charge in [-0.15, -0.1) is 0 Å². The van der Waals surface area contributed by atoms with Crippen molar-refractivity contribution in [3.8, 4) is 22.8 Å². The van der Waals surface area contributed by atoms with Crippen LogP contribution in [-0.2, 0) is 0 Å². The second-order valence-electron chi connectivity index (χ2n) is 4.98. The van der Waals surface area contributed by atoms with Crippen molar-refractivity contribution in [3.05, 3.63) is 70.0 Å². The maximum Gasteiger partial charge on any atom is 0.263 e. The summed E-state index contributed by atoms with van der Waals surface area (Å²) in [6.07, 6.45) is 1.58. The number of halogens is 1. The average Bonchev–Trinajstić information content (AvgIpc) is 3.05. The molecule has 2 aromatic carbocycles. The molecule has 112 valence electrons. The summed E-state index contributed by atoms with van der Waals surface area (Å²) in [7, 11) is 0. The van der Waals surface area contributed by atoms with E-state index in [2.05, 4.69) is 15.1 Å². The monoisotopic (exact) mass is 323 g/mol. The lowest BCUT2D eigenvalue weighted by molar-refractivity contribution is 0.432. The van der Waals surface area contributed by atoms with Crippen LogP contribution in [0.15, 0.2) is 64.0 Å². The summed E-state index contributed by atoms with van der Waals surface area (Å²) in [5, 5.41) is 5.01. The normalized spacial score (nSPS) is 11.0. The molecule has 23 heavy (non-hydrogen) atoms. The number of hydrogen-bond donors (Lipinski definition) is 1. The van der Waals surface area contributed by atoms with Crippen LogP contribution in [0.1, 0.15) is 0 Å². The number of nitrogens with one attached hydrogen (secondary N) is 1. The van der Waals surface area contributed by atoms with Gasteiger partial charge in [0.05, 0.1) is 5.02 Å². The van der Waals surface area contributed by atoms with E-state index in [-0.39, 0.29) is 11.3 Å². The molecule has 4 rings (SSSR count). The highest BCUT2D eigenvalue weighted by Crippen LogP contribution is 2.26. The van der Waals surface area contributed by atoms with Crippen molar-refractivity contribution in [2.24, 2.45) is 0 Å². The molecule has 0 unspecified atom stereocenters. The minimum absolute atomic E-state index is 0.159. The number of hydrogen-bond acceptors (Lipinski definition) is 4. The van der Waals surface area contributed by atoms with Crippen LogP contribution in [0.4, 0.5) is 0 Å². The van der Waals surface area contributed by atoms with Gasteiger partial charge in [0.2, 0.25) is 11.3 Å². The topological polar surface area (TPSA) is 71.8 Å². The van der Waals surface area contributed by atoms with Gasteiger partial charge in [-0.2, -0.15) is 4.98 Å². The Morgan fingerprint density at radius 1 is 1.00 bits per heavy atom. The molecule has 5 nitrogen and oxygen atoms in total. The smallest absolute Gasteiger partial charge is 0.263 e. The molecule has 4 aromatic rings. The molecule has 2 aromatic heterocycles. The predicted octanol–water partition coefficient (Wildman–Crippen LogP) is 3.90. The third kappa shape index (κ3) is 2.31. The van der Waals surface area contributed by atoms with Crippen molar-refractivity contribution >= 4 is 22.5 Å². The highest BCUT2D eigenvalue weighted by molar-refractivity contribution is 6.33. The fraction of sp³-hybridized carbons (Fsp3) is 0. The highest BCUT2D eigenvalue weighted by atomic mass is 35.5. The average molecular weight is 324 g/mol. The fourth-order valence-corrected chi connectivity index (χ4v) is 2.63. The third-order valence-corrected chi connectivity index (χ3v) is 3.89. The van der Waals surface area contributed by atoms with E-state index in [9.17, 15) is 4.79 Å². The molecule has 0 aliphatic rings. The fourth-order valence-electron chi connectivity index (χ4n) is 2.41. The van der Waals surface area contributed by atoms with Crippen LogP contribution in [0.3, 0.4) is 0 Å². The number of pyridine rings is 1. The van der Waals surface area contributed by atoms with Gasteiger partial charge in [-0.25, -0.2) is 0 Å². The van der Waals surface area contributed by atoms with Crippen molar-refractivity contribution in [1.82, 2.24) is 15.1 Å². The maximum atomic E-state index is 12.6. The van der Waals surface area contributed by atoms with Crippen molar-refractivity contribution < 1.29 is 4.52 Å². The van der Waals surface area contributed by atoms with Gasteiger partial charge in [-0.1, -0.05) is 41.0 Å². The molecule has 0 aliphatic carbocycles. The van der Waals surface area contributed by atoms with Crippen LogP contribution in [-0.4, -0.2) is 15.1 Å². The highest BCUT2D eigenvalue weighted by Gasteiger charge is 2.16. The van der Waals surface area contributed by atoms with Gasteiger partial charge < -0.3 is 9.51 Å². The first-order valence-corrected chi connectivity index (χ1v) is 7.31. The van der Waals surface area contributed by atoms with E-state index in [1.807, 2.05) is 30.3 Å². The lowest BCUT2D eigenvalue weighted by Gasteiger charge is -1.99. The molecule has 0 aliphatic heterocycles. The van der Waals surface area contributed by atoms with Crippen LogP contribution in [0.5, 0.6) is 0 Å². The number of benzene rings is 2. The van der Waals surface area contributed by atoms with Gasteiger partial charge in [-0.05, 0) is 24.3 Å². The van der Waals surface area contributed by atoms with E-state index in [4.69, 9.17) is 16.1 Å². The predicted molar refractivity (Wildman–Crippen MR) is 88.3 cm³/mol. The summed E-state index contributed by atoms with van der Waals surface area (Å²) in [6.45, 7) is 0. The molecule has 0 bridgehead atoms. The summed E-state index contributed by atoms with van der Waals surface area (Å²) >= 11 is 6.13. The number of aromatic amines is 1. The third-order valence-electron chi connectivity index (χ3n) is 3.56. The Balaban J connectivity index is 1.85. The zero-order valence-electron chi connectivity index (χ0n) is 11.8. The summed E-state index contributed by atoms with van der Waals surface area (Å²) in [6, 6.07) is 14.5. The number of aromatic nitrogens is 3. The Kier molecular flexibility index (Phi) is 3.20. The van der Waals surface area contributed by atoms with E-state index < -0.39 is 0 Å². The Morgan fingerprint density at radius 2 is 1.78 bits per heavy atom. The molecule has 0 saturated heterocycles. The summed E-state index contributed by atoms with van der Waals surface area (Å²) in [5.74, 6) is 0.505.